The highest BCUT2D eigenvalue weighted by molar-refractivity contribution is 5.97. The minimum Gasteiger partial charge on any atom is -0.507 e. The summed E-state index contributed by atoms with van der Waals surface area (Å²) >= 11 is 0. The number of phenolic OH excluding ortho intramolecular Hbond substituents is 1. The van der Waals surface area contributed by atoms with Crippen LogP contribution in [0.2, 0.25) is 0 Å². The van der Waals surface area contributed by atoms with E-state index in [1.165, 1.54) is 26.3 Å². The van der Waals surface area contributed by atoms with E-state index in [9.17, 15) is 9.90 Å². The molecule has 1 N–H and O–H groups in total. The molecular formula is C16H22N2O2. The molecule has 20 heavy (non-hydrogen) atoms. The third-order valence-corrected chi connectivity index (χ3v) is 4.63. The summed E-state index contributed by atoms with van der Waals surface area (Å²) in [5.41, 5.74) is 1.42. The molecule has 0 saturated carbocycles. The average Bonchev–Trinajstić information content (AvgIpc) is 2.84. The Bertz CT molecular complexity index is 529. The summed E-state index contributed by atoms with van der Waals surface area (Å²) < 4.78 is 0. The number of fused-ring (bicyclic) bond motifs is 1. The van der Waals surface area contributed by atoms with Gasteiger partial charge in [0.2, 0.25) is 0 Å². The first-order valence-corrected chi connectivity index (χ1v) is 7.41. The van der Waals surface area contributed by atoms with E-state index in [0.717, 1.165) is 18.8 Å². The van der Waals surface area contributed by atoms with Gasteiger partial charge in [-0.05, 0) is 45.4 Å². The number of ketones is 1. The fourth-order valence-corrected chi connectivity index (χ4v) is 3.54. The van der Waals surface area contributed by atoms with Gasteiger partial charge < -0.3 is 10.0 Å². The lowest BCUT2D eigenvalue weighted by molar-refractivity contribution is 0.101. The Morgan fingerprint density at radius 3 is 2.85 bits per heavy atom. The topological polar surface area (TPSA) is 43.8 Å². The number of nitrogens with zero attached hydrogens (tertiary/aromatic N) is 2. The lowest BCUT2D eigenvalue weighted by Gasteiger charge is -2.43. The normalized spacial score (nSPS) is 26.6. The predicted molar refractivity (Wildman–Crippen MR) is 79.5 cm³/mol. The van der Waals surface area contributed by atoms with E-state index in [1.807, 2.05) is 6.07 Å². The molecule has 3 rings (SSSR count). The number of phenols is 1. The molecule has 2 aliphatic rings. The van der Waals surface area contributed by atoms with Crippen molar-refractivity contribution in [1.82, 2.24) is 4.90 Å². The number of benzene rings is 1. The van der Waals surface area contributed by atoms with Crippen LogP contribution in [0.15, 0.2) is 18.2 Å². The summed E-state index contributed by atoms with van der Waals surface area (Å²) in [6.07, 6.45) is 2.56. The standard InChI is InChI=1S/C16H22N2O2/c1-11-9-17-7-3-4-14(17)10-18(11)13-5-6-15(12(2)19)16(20)8-13/h5-6,8,11,14,20H,3-4,7,9-10H2,1-2H3. The molecule has 4 heteroatoms. The van der Waals surface area contributed by atoms with Crippen LogP contribution in [0, 0.1) is 0 Å². The van der Waals surface area contributed by atoms with E-state index < -0.39 is 0 Å². The van der Waals surface area contributed by atoms with E-state index in [4.69, 9.17) is 0 Å². The van der Waals surface area contributed by atoms with E-state index in [1.54, 1.807) is 12.1 Å². The van der Waals surface area contributed by atoms with Gasteiger partial charge in [0.15, 0.2) is 5.78 Å². The van der Waals surface area contributed by atoms with Gasteiger partial charge in [0.25, 0.3) is 0 Å². The molecule has 0 spiro atoms. The monoisotopic (exact) mass is 274 g/mol. The summed E-state index contributed by atoms with van der Waals surface area (Å²) in [6, 6.07) is 6.50. The van der Waals surface area contributed by atoms with Crippen molar-refractivity contribution in [3.63, 3.8) is 0 Å². The second kappa shape index (κ2) is 5.09. The summed E-state index contributed by atoms with van der Waals surface area (Å²) in [6.45, 7) is 7.02. The maximum Gasteiger partial charge on any atom is 0.163 e. The number of Topliss-reactive ketones (excluding diaryl/α,β-unsaturated/α-hetero) is 1. The van der Waals surface area contributed by atoms with Gasteiger partial charge in [-0.2, -0.15) is 0 Å². The van der Waals surface area contributed by atoms with Crippen LogP contribution in [-0.4, -0.2) is 47.5 Å². The van der Waals surface area contributed by atoms with Crippen molar-refractivity contribution in [3.8, 4) is 5.75 Å². The third kappa shape index (κ3) is 2.29. The molecule has 0 radical (unpaired) electrons. The van der Waals surface area contributed by atoms with Crippen LogP contribution in [0.3, 0.4) is 0 Å². The average molecular weight is 274 g/mol. The number of carbonyl (C=O) groups is 1. The molecule has 0 aliphatic carbocycles. The molecule has 0 bridgehead atoms. The van der Waals surface area contributed by atoms with Gasteiger partial charge in [-0.1, -0.05) is 0 Å². The zero-order valence-corrected chi connectivity index (χ0v) is 12.2. The molecule has 2 aliphatic heterocycles. The molecule has 0 amide bonds. The highest BCUT2D eigenvalue weighted by Crippen LogP contribution is 2.31. The highest BCUT2D eigenvalue weighted by Gasteiger charge is 2.34. The van der Waals surface area contributed by atoms with Crippen LogP contribution < -0.4 is 4.90 Å². The molecule has 2 unspecified atom stereocenters. The van der Waals surface area contributed by atoms with Crippen LogP contribution in [0.1, 0.15) is 37.0 Å². The molecule has 2 atom stereocenters. The minimum absolute atomic E-state index is 0.0936. The van der Waals surface area contributed by atoms with Crippen LogP contribution in [0.4, 0.5) is 5.69 Å². The van der Waals surface area contributed by atoms with Gasteiger partial charge >= 0.3 is 0 Å². The van der Waals surface area contributed by atoms with Gasteiger partial charge in [-0.3, -0.25) is 9.69 Å². The Kier molecular flexibility index (Phi) is 3.42. The number of hydrogen-bond donors (Lipinski definition) is 1. The van der Waals surface area contributed by atoms with Crippen molar-refractivity contribution in [2.75, 3.05) is 24.5 Å². The van der Waals surface area contributed by atoms with Crippen molar-refractivity contribution in [2.45, 2.75) is 38.8 Å². The van der Waals surface area contributed by atoms with Crippen LogP contribution in [0.25, 0.3) is 0 Å². The number of piperazine rings is 1. The van der Waals surface area contributed by atoms with Gasteiger partial charge in [0.1, 0.15) is 5.75 Å². The quantitative estimate of drug-likeness (QED) is 0.840. The van der Waals surface area contributed by atoms with Crippen LogP contribution in [0.5, 0.6) is 5.75 Å². The second-order valence-corrected chi connectivity index (χ2v) is 6.05. The third-order valence-electron chi connectivity index (χ3n) is 4.63. The van der Waals surface area contributed by atoms with E-state index in [-0.39, 0.29) is 11.5 Å². The second-order valence-electron chi connectivity index (χ2n) is 6.05. The zero-order chi connectivity index (χ0) is 14.3. The number of hydrogen-bond acceptors (Lipinski definition) is 4. The Morgan fingerprint density at radius 2 is 2.15 bits per heavy atom. The Labute approximate surface area is 120 Å². The lowest BCUT2D eigenvalue weighted by atomic mass is 10.0. The number of carbonyl (C=O) groups excluding carboxylic acids is 1. The molecule has 1 aromatic rings. The SMILES string of the molecule is CC(=O)c1ccc(N2CC3CCCN3CC2C)cc1O. The summed E-state index contributed by atoms with van der Waals surface area (Å²) in [7, 11) is 0. The van der Waals surface area contributed by atoms with Crippen LogP contribution in [-0.2, 0) is 0 Å². The molecule has 4 nitrogen and oxygen atoms in total. The Hall–Kier alpha value is -1.55. The molecule has 2 saturated heterocycles. The number of rotatable bonds is 2. The summed E-state index contributed by atoms with van der Waals surface area (Å²) in [5, 5.41) is 10.0. The fraction of sp³-hybridized carbons (Fsp3) is 0.562. The van der Waals surface area contributed by atoms with Gasteiger partial charge in [-0.15, -0.1) is 0 Å². The lowest BCUT2D eigenvalue weighted by Crippen LogP contribution is -2.55. The van der Waals surface area contributed by atoms with Crippen molar-refractivity contribution in [2.24, 2.45) is 0 Å². The van der Waals surface area contributed by atoms with Crippen molar-refractivity contribution >= 4 is 11.5 Å². The van der Waals surface area contributed by atoms with Crippen molar-refractivity contribution in [3.05, 3.63) is 23.8 Å². The first-order valence-electron chi connectivity index (χ1n) is 7.41. The molecular weight excluding hydrogens is 252 g/mol. The van der Waals surface area contributed by atoms with E-state index in [2.05, 4.69) is 16.7 Å². The van der Waals surface area contributed by atoms with E-state index >= 15 is 0 Å². The van der Waals surface area contributed by atoms with Crippen molar-refractivity contribution < 1.29 is 9.90 Å². The molecule has 2 heterocycles. The minimum atomic E-state index is -0.0947. The number of anilines is 1. The number of aromatic hydroxyl groups is 1. The van der Waals surface area contributed by atoms with Crippen molar-refractivity contribution in [1.29, 1.82) is 0 Å². The van der Waals surface area contributed by atoms with E-state index in [0.29, 0.717) is 17.6 Å². The summed E-state index contributed by atoms with van der Waals surface area (Å²) in [5.74, 6) is -0.00115. The molecule has 0 aromatic heterocycles. The maximum atomic E-state index is 11.4. The van der Waals surface area contributed by atoms with Gasteiger partial charge in [0, 0.05) is 36.9 Å². The van der Waals surface area contributed by atoms with Crippen LogP contribution >= 0.6 is 0 Å². The first kappa shape index (κ1) is 13.4. The zero-order valence-electron chi connectivity index (χ0n) is 12.2. The smallest absolute Gasteiger partial charge is 0.163 e. The maximum absolute atomic E-state index is 11.4. The first-order chi connectivity index (χ1) is 9.56. The molecule has 2 fully saturated rings. The van der Waals surface area contributed by atoms with Gasteiger partial charge in [-0.25, -0.2) is 0 Å². The Balaban J connectivity index is 1.85. The summed E-state index contributed by atoms with van der Waals surface area (Å²) in [4.78, 5) is 16.3. The van der Waals surface area contributed by atoms with Gasteiger partial charge in [0.05, 0.1) is 5.56 Å². The molecule has 108 valence electrons. The fourth-order valence-electron chi connectivity index (χ4n) is 3.54. The Morgan fingerprint density at radius 1 is 1.35 bits per heavy atom. The largest absolute Gasteiger partial charge is 0.507 e. The predicted octanol–water partition coefficient (Wildman–Crippen LogP) is 2.27. The molecule has 1 aromatic carbocycles. The highest BCUT2D eigenvalue weighted by atomic mass is 16.3.